The Kier molecular flexibility index (Phi) is 2.26. The highest BCUT2D eigenvalue weighted by Crippen LogP contribution is 2.48. The molecule has 0 amide bonds. The first-order valence-corrected chi connectivity index (χ1v) is 5.47. The van der Waals surface area contributed by atoms with E-state index in [0.29, 0.717) is 6.42 Å². The number of hydrogen-bond acceptors (Lipinski definition) is 2. The van der Waals surface area contributed by atoms with Gasteiger partial charge in [-0.25, -0.2) is 0 Å². The summed E-state index contributed by atoms with van der Waals surface area (Å²) < 4.78 is 0. The first-order valence-electron chi connectivity index (χ1n) is 5.47. The van der Waals surface area contributed by atoms with Gasteiger partial charge in [0.15, 0.2) is 5.78 Å². The van der Waals surface area contributed by atoms with E-state index >= 15 is 0 Å². The van der Waals surface area contributed by atoms with E-state index in [1.165, 1.54) is 18.4 Å². The van der Waals surface area contributed by atoms with E-state index in [4.69, 9.17) is 0 Å². The molecule has 1 fully saturated rings. The summed E-state index contributed by atoms with van der Waals surface area (Å²) in [5, 5.41) is 9.67. The zero-order chi connectivity index (χ0) is 10.3. The van der Waals surface area contributed by atoms with E-state index in [9.17, 15) is 9.90 Å². The number of Topliss-reactive ketones (excluding diaryl/α,β-unsaturated/α-hetero) is 1. The van der Waals surface area contributed by atoms with Crippen LogP contribution in [0.5, 0.6) is 0 Å². The molecule has 0 spiro atoms. The lowest BCUT2D eigenvalue weighted by molar-refractivity contribution is -0.126. The van der Waals surface area contributed by atoms with E-state index < -0.39 is 6.10 Å². The third-order valence-electron chi connectivity index (χ3n) is 3.90. The number of allylic oxidation sites excluding steroid dienone is 1. The van der Waals surface area contributed by atoms with Crippen LogP contribution in [0.3, 0.4) is 0 Å². The van der Waals surface area contributed by atoms with Gasteiger partial charge in [-0.2, -0.15) is 0 Å². The van der Waals surface area contributed by atoms with E-state index in [-0.39, 0.29) is 11.2 Å². The second-order valence-corrected chi connectivity index (χ2v) is 4.96. The Morgan fingerprint density at radius 3 is 2.86 bits per heavy atom. The molecule has 2 aliphatic carbocycles. The third kappa shape index (κ3) is 1.33. The molecular formula is C12H18O2. The van der Waals surface area contributed by atoms with Crippen molar-refractivity contribution in [2.45, 2.75) is 52.1 Å². The van der Waals surface area contributed by atoms with Gasteiger partial charge in [-0.3, -0.25) is 4.79 Å². The van der Waals surface area contributed by atoms with E-state index in [1.54, 1.807) is 0 Å². The summed E-state index contributed by atoms with van der Waals surface area (Å²) in [7, 11) is 0. The molecule has 2 heteroatoms. The highest BCUT2D eigenvalue weighted by molar-refractivity contribution is 6.00. The molecule has 78 valence electrons. The van der Waals surface area contributed by atoms with Crippen LogP contribution in [0, 0.1) is 5.41 Å². The molecule has 0 saturated heterocycles. The second kappa shape index (κ2) is 3.20. The topological polar surface area (TPSA) is 37.3 Å². The number of carbonyl (C=O) groups is 1. The second-order valence-electron chi connectivity index (χ2n) is 4.96. The van der Waals surface area contributed by atoms with Gasteiger partial charge in [-0.05, 0) is 43.6 Å². The summed E-state index contributed by atoms with van der Waals surface area (Å²) in [5.41, 5.74) is 2.26. The zero-order valence-corrected chi connectivity index (χ0v) is 8.97. The van der Waals surface area contributed by atoms with Crippen LogP contribution < -0.4 is 0 Å². The Hall–Kier alpha value is -0.630. The van der Waals surface area contributed by atoms with Gasteiger partial charge in [-0.1, -0.05) is 18.9 Å². The lowest BCUT2D eigenvalue weighted by Gasteiger charge is -2.42. The number of ketones is 1. The summed E-state index contributed by atoms with van der Waals surface area (Å²) in [4.78, 5) is 11.6. The number of fused-ring (bicyclic) bond motifs is 1. The van der Waals surface area contributed by atoms with Gasteiger partial charge >= 0.3 is 0 Å². The summed E-state index contributed by atoms with van der Waals surface area (Å²) in [5.74, 6) is -0.0422. The van der Waals surface area contributed by atoms with Gasteiger partial charge in [0.2, 0.25) is 0 Å². The fourth-order valence-corrected chi connectivity index (χ4v) is 3.05. The van der Waals surface area contributed by atoms with Crippen LogP contribution in [0.25, 0.3) is 0 Å². The molecule has 1 saturated carbocycles. The molecule has 2 nitrogen and oxygen atoms in total. The quantitative estimate of drug-likeness (QED) is 0.642. The van der Waals surface area contributed by atoms with Crippen molar-refractivity contribution >= 4 is 5.78 Å². The van der Waals surface area contributed by atoms with Crippen LogP contribution >= 0.6 is 0 Å². The van der Waals surface area contributed by atoms with Gasteiger partial charge in [0.1, 0.15) is 6.10 Å². The van der Waals surface area contributed by atoms with Crippen molar-refractivity contribution in [3.05, 3.63) is 11.1 Å². The van der Waals surface area contributed by atoms with Crippen molar-refractivity contribution in [2.24, 2.45) is 5.41 Å². The molecule has 14 heavy (non-hydrogen) atoms. The SMILES string of the molecule is CC1=C2CCCC[C@@]2(C)C[C@@H](O)C1=O. The number of aliphatic hydroxyl groups is 1. The van der Waals surface area contributed by atoms with Gasteiger partial charge in [0, 0.05) is 0 Å². The average Bonchev–Trinajstić information content (AvgIpc) is 2.14. The summed E-state index contributed by atoms with van der Waals surface area (Å²) >= 11 is 0. The minimum atomic E-state index is -0.748. The van der Waals surface area contributed by atoms with Crippen molar-refractivity contribution in [3.8, 4) is 0 Å². The molecule has 2 rings (SSSR count). The maximum Gasteiger partial charge on any atom is 0.186 e. The lowest BCUT2D eigenvalue weighted by atomic mass is 9.63. The van der Waals surface area contributed by atoms with Gasteiger partial charge in [-0.15, -0.1) is 0 Å². The number of aliphatic hydroxyl groups excluding tert-OH is 1. The van der Waals surface area contributed by atoms with Crippen molar-refractivity contribution < 1.29 is 9.90 Å². The van der Waals surface area contributed by atoms with Crippen LogP contribution in [-0.4, -0.2) is 17.0 Å². The first kappa shape index (κ1) is 9.91. The molecular weight excluding hydrogens is 176 g/mol. The Morgan fingerprint density at radius 2 is 2.14 bits per heavy atom. The molecule has 0 aliphatic heterocycles. The van der Waals surface area contributed by atoms with Gasteiger partial charge in [0.25, 0.3) is 0 Å². The third-order valence-corrected chi connectivity index (χ3v) is 3.90. The van der Waals surface area contributed by atoms with Crippen LogP contribution in [0.2, 0.25) is 0 Å². The fraction of sp³-hybridized carbons (Fsp3) is 0.750. The molecule has 0 aromatic carbocycles. The average molecular weight is 194 g/mol. The molecule has 0 unspecified atom stereocenters. The largest absolute Gasteiger partial charge is 0.385 e. The van der Waals surface area contributed by atoms with Gasteiger partial charge < -0.3 is 5.11 Å². The monoisotopic (exact) mass is 194 g/mol. The van der Waals surface area contributed by atoms with Crippen LogP contribution in [-0.2, 0) is 4.79 Å². The zero-order valence-electron chi connectivity index (χ0n) is 8.97. The van der Waals surface area contributed by atoms with E-state index in [2.05, 4.69) is 6.92 Å². The Morgan fingerprint density at radius 1 is 1.43 bits per heavy atom. The van der Waals surface area contributed by atoms with Crippen LogP contribution in [0.1, 0.15) is 46.0 Å². The molecule has 2 aliphatic rings. The molecule has 1 N–H and O–H groups in total. The first-order chi connectivity index (χ1) is 6.54. The molecule has 0 heterocycles. The normalized spacial score (nSPS) is 38.5. The maximum atomic E-state index is 11.6. The lowest BCUT2D eigenvalue weighted by Crippen LogP contribution is -2.39. The number of rotatable bonds is 0. The van der Waals surface area contributed by atoms with Crippen molar-refractivity contribution in [3.63, 3.8) is 0 Å². The molecule has 2 atom stereocenters. The molecule has 0 bridgehead atoms. The fourth-order valence-electron chi connectivity index (χ4n) is 3.05. The van der Waals surface area contributed by atoms with Crippen LogP contribution in [0.4, 0.5) is 0 Å². The predicted octanol–water partition coefficient (Wildman–Crippen LogP) is 2.22. The maximum absolute atomic E-state index is 11.6. The number of carbonyl (C=O) groups excluding carboxylic acids is 1. The highest BCUT2D eigenvalue weighted by Gasteiger charge is 2.41. The Bertz CT molecular complexity index is 303. The Labute approximate surface area is 85.0 Å². The minimum Gasteiger partial charge on any atom is -0.385 e. The molecule has 0 aromatic rings. The van der Waals surface area contributed by atoms with Crippen molar-refractivity contribution in [2.75, 3.05) is 0 Å². The Balaban J connectivity index is 2.43. The highest BCUT2D eigenvalue weighted by atomic mass is 16.3. The van der Waals surface area contributed by atoms with Crippen molar-refractivity contribution in [1.82, 2.24) is 0 Å². The molecule has 0 radical (unpaired) electrons. The summed E-state index contributed by atoms with van der Waals surface area (Å²) in [6.45, 7) is 4.07. The summed E-state index contributed by atoms with van der Waals surface area (Å²) in [6.07, 6.45) is 4.50. The van der Waals surface area contributed by atoms with Crippen molar-refractivity contribution in [1.29, 1.82) is 0 Å². The standard InChI is InChI=1S/C12H18O2/c1-8-9-5-3-4-6-12(9,2)7-10(13)11(8)14/h10,13H,3-7H2,1-2H3/t10-,12+/m1/s1. The molecule has 0 aromatic heterocycles. The summed E-state index contributed by atoms with van der Waals surface area (Å²) in [6, 6.07) is 0. The van der Waals surface area contributed by atoms with Gasteiger partial charge in [0.05, 0.1) is 0 Å². The van der Waals surface area contributed by atoms with Crippen LogP contribution in [0.15, 0.2) is 11.1 Å². The number of hydrogen-bond donors (Lipinski definition) is 1. The predicted molar refractivity (Wildman–Crippen MR) is 54.9 cm³/mol. The van der Waals surface area contributed by atoms with E-state index in [0.717, 1.165) is 18.4 Å². The van der Waals surface area contributed by atoms with E-state index in [1.807, 2.05) is 6.92 Å². The smallest absolute Gasteiger partial charge is 0.186 e. The minimum absolute atomic E-state index is 0.0422.